The largest absolute Gasteiger partial charge is 0.396 e. The maximum absolute atomic E-state index is 10.5. The van der Waals surface area contributed by atoms with Crippen LogP contribution in [0.2, 0.25) is 0 Å². The fraction of sp³-hybridized carbons (Fsp3) is 0.500. The molecular formula is C4H6N2O2S2. The van der Waals surface area contributed by atoms with Crippen molar-refractivity contribution >= 4 is 23.1 Å². The third kappa shape index (κ3) is 2.13. The predicted octanol–water partition coefficient (Wildman–Crippen LogP) is -0.0842. The first-order valence-electron chi connectivity index (χ1n) is 2.62. The first-order valence-corrected chi connectivity index (χ1v) is 4.42. The van der Waals surface area contributed by atoms with E-state index in [1.807, 2.05) is 0 Å². The standard InChI is InChI=1S/C4H6N2O2S2/c7-1-2-9-4-6-5-3(8)10-4/h7H,1-2H2,(H,5,8). The Hall–Kier alpha value is -0.330. The summed E-state index contributed by atoms with van der Waals surface area (Å²) in [6.45, 7) is 0.110. The first-order chi connectivity index (χ1) is 4.83. The Labute approximate surface area is 65.3 Å². The van der Waals surface area contributed by atoms with E-state index in [-0.39, 0.29) is 11.5 Å². The molecule has 6 heteroatoms. The number of nitrogens with zero attached hydrogens (tertiary/aromatic N) is 1. The molecule has 0 atom stereocenters. The molecule has 0 bridgehead atoms. The van der Waals surface area contributed by atoms with Crippen LogP contribution in [-0.2, 0) is 0 Å². The minimum absolute atomic E-state index is 0.110. The zero-order valence-electron chi connectivity index (χ0n) is 5.03. The van der Waals surface area contributed by atoms with Gasteiger partial charge in [-0.25, -0.2) is 5.10 Å². The molecule has 0 aromatic carbocycles. The van der Waals surface area contributed by atoms with Crippen LogP contribution >= 0.6 is 23.1 Å². The molecule has 0 aliphatic carbocycles. The highest BCUT2D eigenvalue weighted by atomic mass is 32.2. The van der Waals surface area contributed by atoms with Crippen LogP contribution in [0.3, 0.4) is 0 Å². The number of thioether (sulfide) groups is 1. The van der Waals surface area contributed by atoms with Crippen LogP contribution in [0.15, 0.2) is 9.13 Å². The van der Waals surface area contributed by atoms with Crippen molar-refractivity contribution in [3.63, 3.8) is 0 Å². The number of hydrogen-bond acceptors (Lipinski definition) is 5. The maximum atomic E-state index is 10.5. The molecule has 0 unspecified atom stereocenters. The lowest BCUT2D eigenvalue weighted by Crippen LogP contribution is -1.90. The number of aliphatic hydroxyl groups excluding tert-OH is 1. The summed E-state index contributed by atoms with van der Waals surface area (Å²) in [7, 11) is 0. The molecule has 1 aromatic heterocycles. The van der Waals surface area contributed by atoms with Gasteiger partial charge in [0.05, 0.1) is 6.61 Å². The Morgan fingerprint density at radius 1 is 1.80 bits per heavy atom. The van der Waals surface area contributed by atoms with Crippen LogP contribution in [0, 0.1) is 0 Å². The second-order valence-corrected chi connectivity index (χ2v) is 3.75. The number of hydrogen-bond donors (Lipinski definition) is 2. The lowest BCUT2D eigenvalue weighted by Gasteiger charge is -1.87. The molecule has 1 rings (SSSR count). The van der Waals surface area contributed by atoms with E-state index < -0.39 is 0 Å². The SMILES string of the molecule is O=c1[nH]nc(SCCO)s1. The lowest BCUT2D eigenvalue weighted by molar-refractivity contribution is 0.322. The molecule has 0 amide bonds. The fourth-order valence-corrected chi connectivity index (χ4v) is 1.84. The van der Waals surface area contributed by atoms with E-state index in [0.29, 0.717) is 10.1 Å². The van der Waals surface area contributed by atoms with Gasteiger partial charge in [-0.3, -0.25) is 4.79 Å². The third-order valence-corrected chi connectivity index (χ3v) is 2.61. The van der Waals surface area contributed by atoms with Crippen molar-refractivity contribution in [2.45, 2.75) is 4.34 Å². The molecule has 0 aliphatic rings. The monoisotopic (exact) mass is 178 g/mol. The summed E-state index contributed by atoms with van der Waals surface area (Å²) in [6.07, 6.45) is 0. The van der Waals surface area contributed by atoms with Gasteiger partial charge in [0.1, 0.15) is 0 Å². The predicted molar refractivity (Wildman–Crippen MR) is 40.5 cm³/mol. The second-order valence-electron chi connectivity index (χ2n) is 1.45. The molecule has 0 fully saturated rings. The van der Waals surface area contributed by atoms with E-state index in [0.717, 1.165) is 11.3 Å². The van der Waals surface area contributed by atoms with E-state index in [4.69, 9.17) is 5.11 Å². The number of aliphatic hydroxyl groups is 1. The van der Waals surface area contributed by atoms with E-state index in [1.165, 1.54) is 11.8 Å². The Kier molecular flexibility index (Phi) is 2.91. The van der Waals surface area contributed by atoms with Gasteiger partial charge in [-0.1, -0.05) is 11.8 Å². The summed E-state index contributed by atoms with van der Waals surface area (Å²) in [5.74, 6) is 0.584. The lowest BCUT2D eigenvalue weighted by atomic mass is 10.9. The van der Waals surface area contributed by atoms with Gasteiger partial charge in [0, 0.05) is 5.75 Å². The van der Waals surface area contributed by atoms with E-state index in [9.17, 15) is 4.79 Å². The third-order valence-electron chi connectivity index (χ3n) is 0.735. The van der Waals surface area contributed by atoms with E-state index in [2.05, 4.69) is 10.2 Å². The summed E-state index contributed by atoms with van der Waals surface area (Å²) in [4.78, 5) is 10.3. The summed E-state index contributed by atoms with van der Waals surface area (Å²) in [5, 5.41) is 14.4. The average molecular weight is 178 g/mol. The Balaban J connectivity index is 2.50. The van der Waals surface area contributed by atoms with Crippen LogP contribution in [0.5, 0.6) is 0 Å². The van der Waals surface area contributed by atoms with E-state index >= 15 is 0 Å². The number of aromatic nitrogens is 2. The molecule has 10 heavy (non-hydrogen) atoms. The Morgan fingerprint density at radius 2 is 2.60 bits per heavy atom. The smallest absolute Gasteiger partial charge is 0.323 e. The van der Waals surface area contributed by atoms with Gasteiger partial charge in [0.25, 0.3) is 0 Å². The molecule has 2 N–H and O–H groups in total. The van der Waals surface area contributed by atoms with Crippen molar-refractivity contribution in [2.75, 3.05) is 12.4 Å². The van der Waals surface area contributed by atoms with Crippen LogP contribution in [-0.4, -0.2) is 27.7 Å². The highest BCUT2D eigenvalue weighted by Gasteiger charge is 1.97. The molecule has 1 heterocycles. The first kappa shape index (κ1) is 7.77. The normalized spacial score (nSPS) is 10.1. The van der Waals surface area contributed by atoms with Gasteiger partial charge in [0.2, 0.25) is 0 Å². The molecule has 0 spiro atoms. The van der Waals surface area contributed by atoms with Crippen LogP contribution in [0.1, 0.15) is 0 Å². The Morgan fingerprint density at radius 3 is 3.10 bits per heavy atom. The van der Waals surface area contributed by atoms with Crippen LogP contribution in [0.25, 0.3) is 0 Å². The molecule has 0 radical (unpaired) electrons. The highest BCUT2D eigenvalue weighted by Crippen LogP contribution is 2.14. The van der Waals surface area contributed by atoms with Gasteiger partial charge in [-0.05, 0) is 11.3 Å². The molecule has 0 saturated heterocycles. The number of nitrogens with one attached hydrogen (secondary N) is 1. The number of H-pyrrole nitrogens is 1. The number of aromatic amines is 1. The minimum atomic E-state index is -0.152. The van der Waals surface area contributed by atoms with Crippen molar-refractivity contribution in [3.05, 3.63) is 9.67 Å². The van der Waals surface area contributed by atoms with Crippen molar-refractivity contribution in [1.82, 2.24) is 10.2 Å². The van der Waals surface area contributed by atoms with Gasteiger partial charge in [-0.2, -0.15) is 5.10 Å². The highest BCUT2D eigenvalue weighted by molar-refractivity contribution is 8.01. The molecule has 4 nitrogen and oxygen atoms in total. The van der Waals surface area contributed by atoms with Crippen molar-refractivity contribution in [1.29, 1.82) is 0 Å². The molecule has 0 aliphatic heterocycles. The van der Waals surface area contributed by atoms with Crippen LogP contribution in [0.4, 0.5) is 0 Å². The van der Waals surface area contributed by atoms with Crippen LogP contribution < -0.4 is 4.87 Å². The van der Waals surface area contributed by atoms with Crippen molar-refractivity contribution in [2.24, 2.45) is 0 Å². The zero-order valence-corrected chi connectivity index (χ0v) is 6.67. The quantitative estimate of drug-likeness (QED) is 0.635. The van der Waals surface area contributed by atoms with E-state index in [1.54, 1.807) is 0 Å². The van der Waals surface area contributed by atoms with Gasteiger partial charge in [-0.15, -0.1) is 0 Å². The minimum Gasteiger partial charge on any atom is -0.396 e. The summed E-state index contributed by atoms with van der Waals surface area (Å²) >= 11 is 2.42. The van der Waals surface area contributed by atoms with Gasteiger partial charge >= 0.3 is 4.87 Å². The summed E-state index contributed by atoms with van der Waals surface area (Å²) < 4.78 is 0.680. The molecular weight excluding hydrogens is 172 g/mol. The maximum Gasteiger partial charge on any atom is 0.323 e. The molecule has 0 saturated carbocycles. The summed E-state index contributed by atoms with van der Waals surface area (Å²) in [5.41, 5.74) is 0. The second kappa shape index (κ2) is 3.75. The topological polar surface area (TPSA) is 66.0 Å². The van der Waals surface area contributed by atoms with Gasteiger partial charge < -0.3 is 5.11 Å². The molecule has 56 valence electrons. The van der Waals surface area contributed by atoms with Gasteiger partial charge in [0.15, 0.2) is 4.34 Å². The van der Waals surface area contributed by atoms with Crippen molar-refractivity contribution in [3.8, 4) is 0 Å². The Bertz CT molecular complexity index is 243. The zero-order chi connectivity index (χ0) is 7.40. The molecule has 1 aromatic rings. The average Bonchev–Trinajstić information content (AvgIpc) is 2.31. The number of rotatable bonds is 3. The van der Waals surface area contributed by atoms with Crippen molar-refractivity contribution < 1.29 is 5.11 Å². The fourth-order valence-electron chi connectivity index (χ4n) is 0.411. The summed E-state index contributed by atoms with van der Waals surface area (Å²) in [6, 6.07) is 0.